The molecule has 5 heteroatoms. The van der Waals surface area contributed by atoms with Gasteiger partial charge in [-0.15, -0.1) is 0 Å². The third kappa shape index (κ3) is 3.63. The molecule has 1 aliphatic heterocycles. The number of benzene rings is 2. The van der Waals surface area contributed by atoms with Crippen LogP contribution < -0.4 is 0 Å². The Hall–Kier alpha value is -2.95. The standard InChI is InChI=1S/C22H21FN2O2/c1-14-10-20(19-12-17(23)4-7-21(19)24-14)22(27)25-9-8-16(13-25)11-15-2-5-18(26)6-3-15/h2-7,10,12,16,26H,8-9,11,13H2,1H3. The van der Waals surface area contributed by atoms with Crippen molar-refractivity contribution >= 4 is 16.8 Å². The third-order valence-corrected chi connectivity index (χ3v) is 5.16. The van der Waals surface area contributed by atoms with E-state index in [0.29, 0.717) is 35.5 Å². The van der Waals surface area contributed by atoms with Crippen LogP contribution in [0.25, 0.3) is 10.9 Å². The average molecular weight is 364 g/mol. The van der Waals surface area contributed by atoms with Crippen LogP contribution in [0.15, 0.2) is 48.5 Å². The average Bonchev–Trinajstić information content (AvgIpc) is 3.11. The van der Waals surface area contributed by atoms with Crippen LogP contribution in [0.2, 0.25) is 0 Å². The van der Waals surface area contributed by atoms with Gasteiger partial charge in [0.25, 0.3) is 5.91 Å². The second-order valence-corrected chi connectivity index (χ2v) is 7.25. The molecule has 4 rings (SSSR count). The van der Waals surface area contributed by atoms with E-state index < -0.39 is 0 Å². The number of aryl methyl sites for hydroxylation is 1. The van der Waals surface area contributed by atoms with E-state index in [1.807, 2.05) is 24.0 Å². The molecule has 2 heterocycles. The number of aromatic hydroxyl groups is 1. The minimum Gasteiger partial charge on any atom is -0.508 e. The van der Waals surface area contributed by atoms with Gasteiger partial charge in [-0.05, 0) is 67.6 Å². The van der Waals surface area contributed by atoms with Crippen molar-refractivity contribution in [2.24, 2.45) is 5.92 Å². The lowest BCUT2D eigenvalue weighted by Crippen LogP contribution is -2.29. The summed E-state index contributed by atoms with van der Waals surface area (Å²) in [4.78, 5) is 19.4. The summed E-state index contributed by atoms with van der Waals surface area (Å²) < 4.78 is 13.7. The fraction of sp³-hybridized carbons (Fsp3) is 0.273. The quantitative estimate of drug-likeness (QED) is 0.761. The van der Waals surface area contributed by atoms with Crippen LogP contribution in [0.4, 0.5) is 4.39 Å². The lowest BCUT2D eigenvalue weighted by molar-refractivity contribution is 0.0789. The molecule has 0 saturated carbocycles. The Balaban J connectivity index is 1.54. The number of nitrogens with zero attached hydrogens (tertiary/aromatic N) is 2. The summed E-state index contributed by atoms with van der Waals surface area (Å²) in [6.45, 7) is 3.22. The molecular weight excluding hydrogens is 343 g/mol. The Labute approximate surface area is 157 Å². The van der Waals surface area contributed by atoms with Gasteiger partial charge in [-0.2, -0.15) is 0 Å². The van der Waals surface area contributed by atoms with Crippen LogP contribution in [0.5, 0.6) is 5.75 Å². The molecule has 1 N–H and O–H groups in total. The summed E-state index contributed by atoms with van der Waals surface area (Å²) >= 11 is 0. The SMILES string of the molecule is Cc1cc(C(=O)N2CCC(Cc3ccc(O)cc3)C2)c2cc(F)ccc2n1. The largest absolute Gasteiger partial charge is 0.508 e. The molecule has 1 saturated heterocycles. The first-order valence-electron chi connectivity index (χ1n) is 9.14. The highest BCUT2D eigenvalue weighted by atomic mass is 19.1. The van der Waals surface area contributed by atoms with Gasteiger partial charge in [0.1, 0.15) is 11.6 Å². The molecule has 0 bridgehead atoms. The first kappa shape index (κ1) is 17.5. The molecule has 1 amide bonds. The van der Waals surface area contributed by atoms with Gasteiger partial charge in [-0.1, -0.05) is 12.1 Å². The summed E-state index contributed by atoms with van der Waals surface area (Å²) in [7, 11) is 0. The van der Waals surface area contributed by atoms with E-state index in [0.717, 1.165) is 24.1 Å². The number of likely N-dealkylation sites (tertiary alicyclic amines) is 1. The molecule has 2 aromatic carbocycles. The van der Waals surface area contributed by atoms with Crippen LogP contribution in [-0.4, -0.2) is 34.0 Å². The van der Waals surface area contributed by atoms with Crippen LogP contribution in [0, 0.1) is 18.7 Å². The molecule has 0 spiro atoms. The number of rotatable bonds is 3. The Bertz CT molecular complexity index is 1000. The van der Waals surface area contributed by atoms with Gasteiger partial charge in [-0.25, -0.2) is 4.39 Å². The smallest absolute Gasteiger partial charge is 0.254 e. The zero-order chi connectivity index (χ0) is 19.0. The third-order valence-electron chi connectivity index (χ3n) is 5.16. The van der Waals surface area contributed by atoms with Crippen molar-refractivity contribution in [3.8, 4) is 5.75 Å². The molecule has 4 nitrogen and oxygen atoms in total. The van der Waals surface area contributed by atoms with Crippen molar-refractivity contribution in [3.63, 3.8) is 0 Å². The van der Waals surface area contributed by atoms with E-state index in [1.165, 1.54) is 12.1 Å². The molecule has 1 atom stereocenters. The Kier molecular flexibility index (Phi) is 4.52. The van der Waals surface area contributed by atoms with Gasteiger partial charge < -0.3 is 10.0 Å². The molecule has 27 heavy (non-hydrogen) atoms. The molecule has 1 fully saturated rings. The molecule has 0 radical (unpaired) electrons. The van der Waals surface area contributed by atoms with Crippen molar-refractivity contribution in [3.05, 3.63) is 71.2 Å². The number of halogens is 1. The van der Waals surface area contributed by atoms with Crippen LogP contribution in [0.3, 0.4) is 0 Å². The first-order valence-corrected chi connectivity index (χ1v) is 9.14. The lowest BCUT2D eigenvalue weighted by Gasteiger charge is -2.18. The van der Waals surface area contributed by atoms with Crippen LogP contribution in [-0.2, 0) is 6.42 Å². The summed E-state index contributed by atoms with van der Waals surface area (Å²) in [5.74, 6) is 0.205. The molecule has 1 unspecified atom stereocenters. The number of hydrogen-bond donors (Lipinski definition) is 1. The van der Waals surface area contributed by atoms with E-state index in [-0.39, 0.29) is 17.5 Å². The maximum Gasteiger partial charge on any atom is 0.254 e. The molecule has 0 aliphatic carbocycles. The number of phenols is 1. The minimum absolute atomic E-state index is 0.0655. The second-order valence-electron chi connectivity index (χ2n) is 7.25. The minimum atomic E-state index is -0.367. The van der Waals surface area contributed by atoms with Crippen molar-refractivity contribution in [1.82, 2.24) is 9.88 Å². The van der Waals surface area contributed by atoms with Crippen LogP contribution in [0.1, 0.15) is 28.0 Å². The highest BCUT2D eigenvalue weighted by Gasteiger charge is 2.28. The molecule has 3 aromatic rings. The van der Waals surface area contributed by atoms with Crippen molar-refractivity contribution in [2.45, 2.75) is 19.8 Å². The highest BCUT2D eigenvalue weighted by molar-refractivity contribution is 6.06. The van der Waals surface area contributed by atoms with E-state index in [2.05, 4.69) is 4.98 Å². The van der Waals surface area contributed by atoms with E-state index in [4.69, 9.17) is 0 Å². The summed E-state index contributed by atoms with van der Waals surface area (Å²) in [6.07, 6.45) is 1.80. The Morgan fingerprint density at radius 2 is 2.00 bits per heavy atom. The monoisotopic (exact) mass is 364 g/mol. The zero-order valence-corrected chi connectivity index (χ0v) is 15.2. The van der Waals surface area contributed by atoms with Crippen molar-refractivity contribution in [1.29, 1.82) is 0 Å². The fourth-order valence-corrected chi connectivity index (χ4v) is 3.83. The summed E-state index contributed by atoms with van der Waals surface area (Å²) in [5.41, 5.74) is 3.05. The number of pyridine rings is 1. The van der Waals surface area contributed by atoms with E-state index in [9.17, 15) is 14.3 Å². The zero-order valence-electron chi connectivity index (χ0n) is 15.2. The second kappa shape index (κ2) is 6.99. The maximum absolute atomic E-state index is 13.7. The number of fused-ring (bicyclic) bond motifs is 1. The number of aromatic nitrogens is 1. The molecular formula is C22H21FN2O2. The lowest BCUT2D eigenvalue weighted by atomic mass is 9.99. The van der Waals surface area contributed by atoms with Gasteiger partial charge in [0, 0.05) is 24.2 Å². The maximum atomic E-state index is 13.7. The fourth-order valence-electron chi connectivity index (χ4n) is 3.83. The highest BCUT2D eigenvalue weighted by Crippen LogP contribution is 2.26. The van der Waals surface area contributed by atoms with E-state index >= 15 is 0 Å². The number of carbonyl (C=O) groups excluding carboxylic acids is 1. The summed E-state index contributed by atoms with van der Waals surface area (Å²) in [6, 6.07) is 13.3. The number of carbonyl (C=O) groups is 1. The van der Waals surface area contributed by atoms with Gasteiger partial charge in [0.15, 0.2) is 0 Å². The number of phenolic OH excluding ortho intramolecular Hbond substituents is 1. The summed E-state index contributed by atoms with van der Waals surface area (Å²) in [5, 5.41) is 9.96. The van der Waals surface area contributed by atoms with Gasteiger partial charge in [0.05, 0.1) is 11.1 Å². The van der Waals surface area contributed by atoms with Crippen molar-refractivity contribution < 1.29 is 14.3 Å². The predicted molar refractivity (Wildman–Crippen MR) is 102 cm³/mol. The van der Waals surface area contributed by atoms with Gasteiger partial charge in [0.2, 0.25) is 0 Å². The van der Waals surface area contributed by atoms with E-state index in [1.54, 1.807) is 24.3 Å². The van der Waals surface area contributed by atoms with Crippen LogP contribution >= 0.6 is 0 Å². The van der Waals surface area contributed by atoms with Gasteiger partial charge in [-0.3, -0.25) is 9.78 Å². The van der Waals surface area contributed by atoms with Gasteiger partial charge >= 0.3 is 0 Å². The topological polar surface area (TPSA) is 53.4 Å². The molecule has 1 aromatic heterocycles. The Morgan fingerprint density at radius 1 is 1.22 bits per heavy atom. The number of hydrogen-bond acceptors (Lipinski definition) is 3. The van der Waals surface area contributed by atoms with Crippen molar-refractivity contribution in [2.75, 3.05) is 13.1 Å². The number of amides is 1. The first-order chi connectivity index (χ1) is 13.0. The molecule has 1 aliphatic rings. The molecule has 138 valence electrons. The predicted octanol–water partition coefficient (Wildman–Crippen LogP) is 4.09. The Morgan fingerprint density at radius 3 is 2.78 bits per heavy atom. The normalized spacial score (nSPS) is 16.8.